The van der Waals surface area contributed by atoms with E-state index in [2.05, 4.69) is 29.0 Å². The van der Waals surface area contributed by atoms with Crippen molar-refractivity contribution in [3.8, 4) is 28.5 Å². The number of halogens is 1. The zero-order chi connectivity index (χ0) is 19.8. The van der Waals surface area contributed by atoms with E-state index in [9.17, 15) is 0 Å². The first-order chi connectivity index (χ1) is 14.2. The smallest absolute Gasteiger partial charge is 0.182 e. The fraction of sp³-hybridized carbons (Fsp3) is 0.0435. The van der Waals surface area contributed by atoms with Gasteiger partial charge in [0, 0.05) is 28.5 Å². The van der Waals surface area contributed by atoms with Crippen LogP contribution < -0.4 is 0 Å². The second kappa shape index (κ2) is 7.11. The van der Waals surface area contributed by atoms with Crippen molar-refractivity contribution in [1.82, 2.24) is 24.7 Å². The zero-order valence-electron chi connectivity index (χ0n) is 15.6. The molecule has 0 fully saturated rings. The first-order valence-corrected chi connectivity index (χ1v) is 9.56. The molecule has 0 aliphatic rings. The van der Waals surface area contributed by atoms with Crippen LogP contribution in [0.3, 0.4) is 0 Å². The Hall–Kier alpha value is -3.57. The molecule has 2 heterocycles. The Morgan fingerprint density at radius 2 is 1.55 bits per heavy atom. The van der Waals surface area contributed by atoms with E-state index in [-0.39, 0.29) is 0 Å². The van der Waals surface area contributed by atoms with E-state index in [4.69, 9.17) is 21.7 Å². The largest absolute Gasteiger partial charge is 0.253 e. The summed E-state index contributed by atoms with van der Waals surface area (Å²) in [5.41, 5.74) is 5.59. The van der Waals surface area contributed by atoms with Crippen molar-refractivity contribution in [1.29, 1.82) is 0 Å². The van der Waals surface area contributed by atoms with E-state index in [1.807, 2.05) is 59.3 Å². The minimum atomic E-state index is 0.636. The Morgan fingerprint density at radius 3 is 2.34 bits per heavy atom. The second-order valence-electron chi connectivity index (χ2n) is 6.78. The predicted octanol–water partition coefficient (Wildman–Crippen LogP) is 5.51. The van der Waals surface area contributed by atoms with E-state index >= 15 is 0 Å². The Bertz CT molecular complexity index is 1320. The monoisotopic (exact) mass is 397 g/mol. The molecular weight excluding hydrogens is 382 g/mol. The van der Waals surface area contributed by atoms with Gasteiger partial charge in [0.15, 0.2) is 11.6 Å². The topological polar surface area (TPSA) is 56.5 Å². The van der Waals surface area contributed by atoms with Crippen molar-refractivity contribution >= 4 is 22.6 Å². The van der Waals surface area contributed by atoms with Crippen molar-refractivity contribution in [2.24, 2.45) is 0 Å². The lowest BCUT2D eigenvalue weighted by atomic mass is 10.1. The molecule has 5 rings (SSSR count). The van der Waals surface area contributed by atoms with Gasteiger partial charge < -0.3 is 0 Å². The summed E-state index contributed by atoms with van der Waals surface area (Å²) in [6.45, 7) is 2.06. The molecule has 0 bridgehead atoms. The number of aromatic nitrogens is 5. The van der Waals surface area contributed by atoms with E-state index < -0.39 is 0 Å². The van der Waals surface area contributed by atoms with Crippen LogP contribution >= 0.6 is 11.6 Å². The maximum absolute atomic E-state index is 6.04. The van der Waals surface area contributed by atoms with Crippen LogP contribution in [0.5, 0.6) is 0 Å². The molecule has 5 nitrogen and oxygen atoms in total. The van der Waals surface area contributed by atoms with E-state index in [1.54, 1.807) is 12.4 Å². The number of hydrogen-bond acceptors (Lipinski definition) is 4. The summed E-state index contributed by atoms with van der Waals surface area (Å²) in [4.78, 5) is 13.6. The summed E-state index contributed by atoms with van der Waals surface area (Å²) in [5, 5.41) is 5.49. The van der Waals surface area contributed by atoms with E-state index in [0.29, 0.717) is 10.8 Å². The Labute approximate surface area is 172 Å². The minimum absolute atomic E-state index is 0.636. The molecule has 3 aromatic carbocycles. The van der Waals surface area contributed by atoms with Crippen molar-refractivity contribution in [2.45, 2.75) is 6.92 Å². The van der Waals surface area contributed by atoms with Crippen molar-refractivity contribution in [3.63, 3.8) is 0 Å². The van der Waals surface area contributed by atoms with Gasteiger partial charge in [-0.3, -0.25) is 9.97 Å². The van der Waals surface area contributed by atoms with Gasteiger partial charge in [-0.2, -0.15) is 0 Å². The third-order valence-electron chi connectivity index (χ3n) is 4.68. The predicted molar refractivity (Wildman–Crippen MR) is 115 cm³/mol. The van der Waals surface area contributed by atoms with Crippen LogP contribution in [0, 0.1) is 6.92 Å². The molecule has 0 unspecified atom stereocenters. The quantitative estimate of drug-likeness (QED) is 0.403. The summed E-state index contributed by atoms with van der Waals surface area (Å²) < 4.78 is 1.87. The molecule has 0 saturated heterocycles. The maximum Gasteiger partial charge on any atom is 0.182 e. The molecule has 6 heteroatoms. The lowest BCUT2D eigenvalue weighted by Crippen LogP contribution is -2.00. The number of rotatable bonds is 3. The van der Waals surface area contributed by atoms with Gasteiger partial charge in [-0.05, 0) is 67.1 Å². The Balaban J connectivity index is 1.72. The third kappa shape index (κ3) is 3.37. The van der Waals surface area contributed by atoms with E-state index in [1.165, 1.54) is 0 Å². The summed E-state index contributed by atoms with van der Waals surface area (Å²) >= 11 is 6.04. The highest BCUT2D eigenvalue weighted by atomic mass is 35.5. The first kappa shape index (κ1) is 17.5. The number of aryl methyl sites for hydroxylation is 1. The average Bonchev–Trinajstić information content (AvgIpc) is 3.19. The molecule has 0 aliphatic heterocycles. The molecule has 140 valence electrons. The Morgan fingerprint density at radius 1 is 0.793 bits per heavy atom. The fourth-order valence-corrected chi connectivity index (χ4v) is 3.39. The molecule has 0 spiro atoms. The molecule has 2 aromatic heterocycles. The van der Waals surface area contributed by atoms with Gasteiger partial charge >= 0.3 is 0 Å². The third-order valence-corrected chi connectivity index (χ3v) is 4.94. The number of benzene rings is 3. The Kier molecular flexibility index (Phi) is 4.30. The van der Waals surface area contributed by atoms with Crippen LogP contribution in [0.15, 0.2) is 79.1 Å². The van der Waals surface area contributed by atoms with Crippen molar-refractivity contribution < 1.29 is 0 Å². The van der Waals surface area contributed by atoms with Gasteiger partial charge in [-0.15, -0.1) is 5.10 Å². The fourth-order valence-electron chi connectivity index (χ4n) is 3.26. The highest BCUT2D eigenvalue weighted by molar-refractivity contribution is 6.30. The van der Waals surface area contributed by atoms with Crippen LogP contribution in [0.1, 0.15) is 5.56 Å². The molecule has 0 N–H and O–H groups in total. The highest BCUT2D eigenvalue weighted by Crippen LogP contribution is 2.28. The lowest BCUT2D eigenvalue weighted by molar-refractivity contribution is 0.889. The van der Waals surface area contributed by atoms with Gasteiger partial charge in [0.25, 0.3) is 0 Å². The van der Waals surface area contributed by atoms with Gasteiger partial charge in [0.1, 0.15) is 0 Å². The summed E-state index contributed by atoms with van der Waals surface area (Å²) in [5.74, 6) is 1.38. The lowest BCUT2D eigenvalue weighted by Gasteiger charge is -2.07. The summed E-state index contributed by atoms with van der Waals surface area (Å²) in [6.07, 6.45) is 3.38. The molecular formula is C23H16ClN5. The molecule has 0 radical (unpaired) electrons. The molecule has 0 amide bonds. The number of hydrogen-bond donors (Lipinski definition) is 0. The molecule has 0 saturated carbocycles. The van der Waals surface area contributed by atoms with E-state index in [0.717, 1.165) is 39.2 Å². The standard InChI is InChI=1S/C23H16ClN5/c1-15-3-2-4-19(13-15)29-23(17-7-10-20-21(14-17)26-12-11-25-20)27-22(28-29)16-5-8-18(24)9-6-16/h2-14H,1H3. The molecule has 29 heavy (non-hydrogen) atoms. The number of nitrogens with zero attached hydrogens (tertiary/aromatic N) is 5. The second-order valence-corrected chi connectivity index (χ2v) is 7.21. The van der Waals surface area contributed by atoms with Crippen LogP contribution in [-0.2, 0) is 0 Å². The van der Waals surface area contributed by atoms with Crippen molar-refractivity contribution in [3.05, 3.63) is 89.7 Å². The minimum Gasteiger partial charge on any atom is -0.253 e. The summed E-state index contributed by atoms with van der Waals surface area (Å²) in [7, 11) is 0. The summed E-state index contributed by atoms with van der Waals surface area (Å²) in [6, 6.07) is 21.7. The highest BCUT2D eigenvalue weighted by Gasteiger charge is 2.16. The van der Waals surface area contributed by atoms with Gasteiger partial charge in [0.2, 0.25) is 0 Å². The van der Waals surface area contributed by atoms with Gasteiger partial charge in [-0.1, -0.05) is 23.7 Å². The molecule has 5 aromatic rings. The van der Waals surface area contributed by atoms with Crippen molar-refractivity contribution in [2.75, 3.05) is 0 Å². The van der Waals surface area contributed by atoms with Crippen LogP contribution in [0.4, 0.5) is 0 Å². The number of fused-ring (bicyclic) bond motifs is 1. The first-order valence-electron chi connectivity index (χ1n) is 9.18. The van der Waals surface area contributed by atoms with Crippen LogP contribution in [-0.4, -0.2) is 24.7 Å². The molecule has 0 aliphatic carbocycles. The van der Waals surface area contributed by atoms with Gasteiger partial charge in [0.05, 0.1) is 16.7 Å². The van der Waals surface area contributed by atoms with Crippen LogP contribution in [0.2, 0.25) is 5.02 Å². The zero-order valence-corrected chi connectivity index (χ0v) is 16.4. The van der Waals surface area contributed by atoms with Crippen LogP contribution in [0.25, 0.3) is 39.5 Å². The molecule has 0 atom stereocenters. The maximum atomic E-state index is 6.04. The normalized spacial score (nSPS) is 11.1. The average molecular weight is 398 g/mol. The SMILES string of the molecule is Cc1cccc(-n2nc(-c3ccc(Cl)cc3)nc2-c2ccc3nccnc3c2)c1. The van der Waals surface area contributed by atoms with Gasteiger partial charge in [-0.25, -0.2) is 9.67 Å².